The molecule has 3 aromatic rings. The summed E-state index contributed by atoms with van der Waals surface area (Å²) in [5.41, 5.74) is 1.97. The summed E-state index contributed by atoms with van der Waals surface area (Å²) in [6.45, 7) is 3.03. The Bertz CT molecular complexity index is 1350. The number of hydrogen-bond acceptors (Lipinski definition) is 5. The van der Waals surface area contributed by atoms with E-state index in [0.717, 1.165) is 9.87 Å². The molecular formula is C27H30ClN3O5S. The van der Waals surface area contributed by atoms with Gasteiger partial charge in [0.05, 0.1) is 17.7 Å². The zero-order valence-corrected chi connectivity index (χ0v) is 22.7. The summed E-state index contributed by atoms with van der Waals surface area (Å²) in [6, 6.07) is 18.9. The lowest BCUT2D eigenvalue weighted by atomic mass is 10.1. The number of sulfonamides is 1. The second-order valence-electron chi connectivity index (χ2n) is 8.46. The number of ether oxygens (including phenoxy) is 1. The zero-order valence-electron chi connectivity index (χ0n) is 21.1. The normalized spacial score (nSPS) is 11.9. The fraction of sp³-hybridized carbons (Fsp3) is 0.259. The second kappa shape index (κ2) is 12.1. The molecule has 0 aliphatic rings. The first-order chi connectivity index (χ1) is 17.6. The van der Waals surface area contributed by atoms with Gasteiger partial charge in [0.1, 0.15) is 18.3 Å². The maximum atomic E-state index is 13.8. The van der Waals surface area contributed by atoms with Crippen LogP contribution in [-0.2, 0) is 26.2 Å². The van der Waals surface area contributed by atoms with Crippen molar-refractivity contribution in [3.63, 3.8) is 0 Å². The minimum atomic E-state index is -4.14. The molecule has 2 amide bonds. The maximum Gasteiger partial charge on any atom is 0.264 e. The Labute approximate surface area is 222 Å². The van der Waals surface area contributed by atoms with Crippen LogP contribution in [0.15, 0.2) is 77.7 Å². The fourth-order valence-corrected chi connectivity index (χ4v) is 5.37. The molecule has 3 rings (SSSR count). The first-order valence-electron chi connectivity index (χ1n) is 11.6. The summed E-state index contributed by atoms with van der Waals surface area (Å²) < 4.78 is 33.7. The molecule has 8 nitrogen and oxygen atoms in total. The van der Waals surface area contributed by atoms with E-state index in [0.29, 0.717) is 22.0 Å². The molecule has 0 bridgehead atoms. The van der Waals surface area contributed by atoms with Gasteiger partial charge in [0.25, 0.3) is 10.0 Å². The molecular weight excluding hydrogens is 514 g/mol. The molecule has 0 saturated carbocycles. The average molecular weight is 544 g/mol. The van der Waals surface area contributed by atoms with Crippen molar-refractivity contribution in [2.75, 3.05) is 25.0 Å². The standard InChI is InChI=1S/C27H30ClN3O5S/c1-19-8-10-23(11-9-19)31(37(34,35)25-14-12-24(36-4)13-15-25)18-26(32)30(20(2)27(33)29-3)17-21-6-5-7-22(28)16-21/h5-16,20H,17-18H2,1-4H3,(H,29,33). The average Bonchev–Trinajstić information content (AvgIpc) is 2.90. The highest BCUT2D eigenvalue weighted by Crippen LogP contribution is 2.26. The molecule has 0 aliphatic carbocycles. The van der Waals surface area contributed by atoms with E-state index in [9.17, 15) is 18.0 Å². The highest BCUT2D eigenvalue weighted by Gasteiger charge is 2.32. The maximum absolute atomic E-state index is 13.8. The van der Waals surface area contributed by atoms with Crippen molar-refractivity contribution in [1.82, 2.24) is 10.2 Å². The van der Waals surface area contributed by atoms with E-state index in [-0.39, 0.29) is 17.3 Å². The van der Waals surface area contributed by atoms with Gasteiger partial charge in [0.2, 0.25) is 11.8 Å². The van der Waals surface area contributed by atoms with Gasteiger partial charge in [-0.05, 0) is 67.9 Å². The zero-order chi connectivity index (χ0) is 27.2. The van der Waals surface area contributed by atoms with Crippen molar-refractivity contribution < 1.29 is 22.7 Å². The van der Waals surface area contributed by atoms with Gasteiger partial charge in [-0.2, -0.15) is 0 Å². The van der Waals surface area contributed by atoms with Crippen LogP contribution in [0.3, 0.4) is 0 Å². The molecule has 0 spiro atoms. The number of rotatable bonds is 10. The lowest BCUT2D eigenvalue weighted by Crippen LogP contribution is -2.50. The van der Waals surface area contributed by atoms with Crippen LogP contribution in [0.5, 0.6) is 5.75 Å². The summed E-state index contributed by atoms with van der Waals surface area (Å²) in [6.07, 6.45) is 0. The number of hydrogen-bond donors (Lipinski definition) is 1. The van der Waals surface area contributed by atoms with E-state index in [4.69, 9.17) is 16.3 Å². The third-order valence-corrected chi connectivity index (χ3v) is 7.93. The van der Waals surface area contributed by atoms with Crippen molar-refractivity contribution in [1.29, 1.82) is 0 Å². The van der Waals surface area contributed by atoms with Gasteiger partial charge in [0, 0.05) is 18.6 Å². The van der Waals surface area contributed by atoms with Gasteiger partial charge in [-0.1, -0.05) is 41.4 Å². The monoisotopic (exact) mass is 543 g/mol. The summed E-state index contributed by atoms with van der Waals surface area (Å²) in [5, 5.41) is 3.04. The number of anilines is 1. The number of nitrogens with one attached hydrogen (secondary N) is 1. The van der Waals surface area contributed by atoms with Crippen molar-refractivity contribution in [3.8, 4) is 5.75 Å². The Morgan fingerprint density at radius 1 is 1.03 bits per heavy atom. The Balaban J connectivity index is 2.02. The number of benzene rings is 3. The van der Waals surface area contributed by atoms with Gasteiger partial charge >= 0.3 is 0 Å². The molecule has 0 heterocycles. The molecule has 1 atom stereocenters. The Morgan fingerprint density at radius 3 is 2.24 bits per heavy atom. The quantitative estimate of drug-likeness (QED) is 0.417. The predicted molar refractivity (Wildman–Crippen MR) is 144 cm³/mol. The van der Waals surface area contributed by atoms with Crippen LogP contribution in [0.2, 0.25) is 5.02 Å². The minimum Gasteiger partial charge on any atom is -0.497 e. The summed E-state index contributed by atoms with van der Waals surface area (Å²) >= 11 is 6.12. The molecule has 37 heavy (non-hydrogen) atoms. The summed E-state index contributed by atoms with van der Waals surface area (Å²) in [4.78, 5) is 27.6. The number of carbonyl (C=O) groups excluding carboxylic acids is 2. The van der Waals surface area contributed by atoms with Crippen LogP contribution < -0.4 is 14.4 Å². The van der Waals surface area contributed by atoms with E-state index >= 15 is 0 Å². The van der Waals surface area contributed by atoms with Crippen molar-refractivity contribution in [3.05, 3.63) is 88.9 Å². The highest BCUT2D eigenvalue weighted by molar-refractivity contribution is 7.92. The van der Waals surface area contributed by atoms with Crippen LogP contribution in [0, 0.1) is 6.92 Å². The van der Waals surface area contributed by atoms with Crippen molar-refractivity contribution >= 4 is 39.1 Å². The molecule has 0 radical (unpaired) electrons. The van der Waals surface area contributed by atoms with Gasteiger partial charge in [-0.15, -0.1) is 0 Å². The third-order valence-electron chi connectivity index (χ3n) is 5.90. The third kappa shape index (κ3) is 6.81. The predicted octanol–water partition coefficient (Wildman–Crippen LogP) is 4.02. The van der Waals surface area contributed by atoms with Gasteiger partial charge in [-0.25, -0.2) is 8.42 Å². The van der Waals surface area contributed by atoms with E-state index in [2.05, 4.69) is 5.32 Å². The number of carbonyl (C=O) groups is 2. The molecule has 0 aliphatic heterocycles. The number of aryl methyl sites for hydroxylation is 1. The van der Waals surface area contributed by atoms with Crippen LogP contribution >= 0.6 is 11.6 Å². The molecule has 10 heteroatoms. The fourth-order valence-electron chi connectivity index (χ4n) is 3.74. The second-order valence-corrected chi connectivity index (χ2v) is 10.8. The van der Waals surface area contributed by atoms with E-state index in [1.807, 2.05) is 6.92 Å². The molecule has 0 aromatic heterocycles. The number of halogens is 1. The van der Waals surface area contributed by atoms with Crippen LogP contribution in [0.1, 0.15) is 18.1 Å². The number of methoxy groups -OCH3 is 1. The van der Waals surface area contributed by atoms with Gasteiger partial charge < -0.3 is 15.0 Å². The Kier molecular flexibility index (Phi) is 9.18. The molecule has 0 saturated heterocycles. The molecule has 196 valence electrons. The Hall–Kier alpha value is -3.56. The lowest BCUT2D eigenvalue weighted by molar-refractivity contribution is -0.139. The molecule has 3 aromatic carbocycles. The first-order valence-corrected chi connectivity index (χ1v) is 13.4. The minimum absolute atomic E-state index is 0.00224. The van der Waals surface area contributed by atoms with E-state index in [1.165, 1.54) is 31.2 Å². The van der Waals surface area contributed by atoms with Crippen LogP contribution in [-0.4, -0.2) is 51.9 Å². The van der Waals surface area contributed by atoms with Gasteiger partial charge in [-0.3, -0.25) is 13.9 Å². The molecule has 1 N–H and O–H groups in total. The summed E-state index contributed by atoms with van der Waals surface area (Å²) in [7, 11) is -1.17. The topological polar surface area (TPSA) is 96.0 Å². The number of nitrogens with zero attached hydrogens (tertiary/aromatic N) is 2. The first kappa shape index (κ1) is 28.0. The van der Waals surface area contributed by atoms with Crippen LogP contribution in [0.25, 0.3) is 0 Å². The van der Waals surface area contributed by atoms with E-state index < -0.39 is 28.5 Å². The van der Waals surface area contributed by atoms with Crippen molar-refractivity contribution in [2.45, 2.75) is 31.3 Å². The SMILES string of the molecule is CNC(=O)C(C)N(Cc1cccc(Cl)c1)C(=O)CN(c1ccc(C)cc1)S(=O)(=O)c1ccc(OC)cc1. The molecule has 0 fully saturated rings. The lowest BCUT2D eigenvalue weighted by Gasteiger charge is -2.31. The van der Waals surface area contributed by atoms with Crippen LogP contribution in [0.4, 0.5) is 5.69 Å². The largest absolute Gasteiger partial charge is 0.497 e. The van der Waals surface area contributed by atoms with Gasteiger partial charge in [0.15, 0.2) is 0 Å². The van der Waals surface area contributed by atoms with E-state index in [1.54, 1.807) is 67.6 Å². The van der Waals surface area contributed by atoms with Crippen molar-refractivity contribution in [2.24, 2.45) is 0 Å². The smallest absolute Gasteiger partial charge is 0.264 e. The molecule has 1 unspecified atom stereocenters. The Morgan fingerprint density at radius 2 is 1.68 bits per heavy atom. The highest BCUT2D eigenvalue weighted by atomic mass is 35.5. The number of likely N-dealkylation sites (N-methyl/N-ethyl adjacent to an activating group) is 1. The number of amides is 2. The summed E-state index contributed by atoms with van der Waals surface area (Å²) in [5.74, 6) is -0.423.